The first-order valence-corrected chi connectivity index (χ1v) is 6.60. The second-order valence-electron chi connectivity index (χ2n) is 4.91. The number of anilines is 1. The largest absolute Gasteiger partial charge is 0.384 e. The third kappa shape index (κ3) is 3.36. The summed E-state index contributed by atoms with van der Waals surface area (Å²) in [4.78, 5) is 0. The molecule has 2 aromatic carbocycles. The Morgan fingerprint density at radius 1 is 1.15 bits per heavy atom. The SMILES string of the molecule is Cc1ccc(C#N)c(NCCc2ccc(F)cc2C)c1. The van der Waals surface area contributed by atoms with Gasteiger partial charge in [-0.25, -0.2) is 4.39 Å². The summed E-state index contributed by atoms with van der Waals surface area (Å²) in [7, 11) is 0. The lowest BCUT2D eigenvalue weighted by Crippen LogP contribution is -2.07. The number of nitrogens with one attached hydrogen (secondary N) is 1. The summed E-state index contributed by atoms with van der Waals surface area (Å²) in [6.07, 6.45) is 0.797. The van der Waals surface area contributed by atoms with E-state index in [4.69, 9.17) is 5.26 Å². The number of hydrogen-bond donors (Lipinski definition) is 1. The van der Waals surface area contributed by atoms with Gasteiger partial charge in [-0.05, 0) is 61.2 Å². The van der Waals surface area contributed by atoms with Crippen LogP contribution in [-0.4, -0.2) is 6.54 Å². The summed E-state index contributed by atoms with van der Waals surface area (Å²) >= 11 is 0. The molecule has 0 bridgehead atoms. The monoisotopic (exact) mass is 268 g/mol. The third-order valence-corrected chi connectivity index (χ3v) is 3.31. The van der Waals surface area contributed by atoms with Gasteiger partial charge in [0.1, 0.15) is 11.9 Å². The van der Waals surface area contributed by atoms with Crippen LogP contribution in [0.15, 0.2) is 36.4 Å². The van der Waals surface area contributed by atoms with Crippen LogP contribution < -0.4 is 5.32 Å². The van der Waals surface area contributed by atoms with E-state index in [1.807, 2.05) is 38.1 Å². The van der Waals surface area contributed by atoms with Gasteiger partial charge in [-0.2, -0.15) is 5.26 Å². The van der Waals surface area contributed by atoms with Crippen molar-refractivity contribution in [2.24, 2.45) is 0 Å². The van der Waals surface area contributed by atoms with Crippen LogP contribution in [0.2, 0.25) is 0 Å². The van der Waals surface area contributed by atoms with E-state index < -0.39 is 0 Å². The molecule has 2 rings (SSSR count). The van der Waals surface area contributed by atoms with Gasteiger partial charge >= 0.3 is 0 Å². The van der Waals surface area contributed by atoms with Gasteiger partial charge in [0.05, 0.1) is 11.3 Å². The lowest BCUT2D eigenvalue weighted by molar-refractivity contribution is 0.625. The molecule has 0 atom stereocenters. The maximum absolute atomic E-state index is 13.0. The second-order valence-corrected chi connectivity index (χ2v) is 4.91. The molecular formula is C17H17FN2. The van der Waals surface area contributed by atoms with E-state index >= 15 is 0 Å². The van der Waals surface area contributed by atoms with Crippen molar-refractivity contribution in [1.82, 2.24) is 0 Å². The zero-order valence-electron chi connectivity index (χ0n) is 11.7. The molecule has 0 aliphatic rings. The molecule has 20 heavy (non-hydrogen) atoms. The number of hydrogen-bond acceptors (Lipinski definition) is 2. The number of rotatable bonds is 4. The molecule has 0 aromatic heterocycles. The molecule has 0 heterocycles. The van der Waals surface area contributed by atoms with Gasteiger partial charge in [-0.15, -0.1) is 0 Å². The summed E-state index contributed by atoms with van der Waals surface area (Å²) in [5, 5.41) is 12.3. The highest BCUT2D eigenvalue weighted by molar-refractivity contribution is 5.58. The maximum atomic E-state index is 13.0. The van der Waals surface area contributed by atoms with E-state index in [0.29, 0.717) is 12.1 Å². The van der Waals surface area contributed by atoms with Gasteiger partial charge in [0.15, 0.2) is 0 Å². The third-order valence-electron chi connectivity index (χ3n) is 3.31. The van der Waals surface area contributed by atoms with Crippen molar-refractivity contribution >= 4 is 5.69 Å². The number of halogens is 1. The van der Waals surface area contributed by atoms with Crippen LogP contribution in [0.25, 0.3) is 0 Å². The fourth-order valence-corrected chi connectivity index (χ4v) is 2.17. The topological polar surface area (TPSA) is 35.8 Å². The van der Waals surface area contributed by atoms with E-state index in [2.05, 4.69) is 11.4 Å². The van der Waals surface area contributed by atoms with Gasteiger partial charge in [0, 0.05) is 6.54 Å². The molecule has 1 N–H and O–H groups in total. The van der Waals surface area contributed by atoms with E-state index in [9.17, 15) is 4.39 Å². The first-order chi connectivity index (χ1) is 9.60. The van der Waals surface area contributed by atoms with Crippen LogP contribution in [0.3, 0.4) is 0 Å². The minimum Gasteiger partial charge on any atom is -0.384 e. The molecule has 2 aromatic rings. The van der Waals surface area contributed by atoms with Gasteiger partial charge < -0.3 is 5.32 Å². The highest BCUT2D eigenvalue weighted by Crippen LogP contribution is 2.17. The van der Waals surface area contributed by atoms with E-state index in [1.54, 1.807) is 6.07 Å². The molecule has 0 aliphatic carbocycles. The van der Waals surface area contributed by atoms with Gasteiger partial charge in [0.2, 0.25) is 0 Å². The first-order valence-electron chi connectivity index (χ1n) is 6.60. The van der Waals surface area contributed by atoms with E-state index in [-0.39, 0.29) is 5.82 Å². The molecule has 0 aliphatic heterocycles. The predicted molar refractivity (Wildman–Crippen MR) is 79.2 cm³/mol. The van der Waals surface area contributed by atoms with Gasteiger partial charge in [0.25, 0.3) is 0 Å². The van der Waals surface area contributed by atoms with Crippen molar-refractivity contribution < 1.29 is 4.39 Å². The van der Waals surface area contributed by atoms with Gasteiger partial charge in [-0.1, -0.05) is 12.1 Å². The van der Waals surface area contributed by atoms with Crippen LogP contribution in [0.5, 0.6) is 0 Å². The highest BCUT2D eigenvalue weighted by Gasteiger charge is 2.03. The molecule has 0 saturated heterocycles. The Hall–Kier alpha value is -2.34. The zero-order valence-corrected chi connectivity index (χ0v) is 11.7. The van der Waals surface area contributed by atoms with Crippen LogP contribution in [0.4, 0.5) is 10.1 Å². The lowest BCUT2D eigenvalue weighted by atomic mass is 10.1. The molecule has 0 unspecified atom stereocenters. The summed E-state index contributed by atoms with van der Waals surface area (Å²) in [6, 6.07) is 12.7. The summed E-state index contributed by atoms with van der Waals surface area (Å²) in [5.41, 5.74) is 4.68. The van der Waals surface area contributed by atoms with Crippen LogP contribution in [0.1, 0.15) is 22.3 Å². The van der Waals surface area contributed by atoms with Crippen molar-refractivity contribution in [1.29, 1.82) is 5.26 Å². The Bertz CT molecular complexity index is 657. The molecule has 3 heteroatoms. The Morgan fingerprint density at radius 3 is 2.65 bits per heavy atom. The number of nitriles is 1. The lowest BCUT2D eigenvalue weighted by Gasteiger charge is -2.10. The Morgan fingerprint density at radius 2 is 1.95 bits per heavy atom. The number of nitrogens with zero attached hydrogens (tertiary/aromatic N) is 1. The standard InChI is InChI=1S/C17H17FN2/c1-12-3-4-15(11-19)17(9-12)20-8-7-14-5-6-16(18)10-13(14)2/h3-6,9-10,20H,7-8H2,1-2H3. The highest BCUT2D eigenvalue weighted by atomic mass is 19.1. The molecule has 2 nitrogen and oxygen atoms in total. The summed E-state index contributed by atoms with van der Waals surface area (Å²) in [5.74, 6) is -0.204. The number of benzene rings is 2. The molecule has 0 spiro atoms. The average molecular weight is 268 g/mol. The van der Waals surface area contributed by atoms with Crippen molar-refractivity contribution in [3.63, 3.8) is 0 Å². The van der Waals surface area contributed by atoms with Crippen molar-refractivity contribution in [2.45, 2.75) is 20.3 Å². The Labute approximate surface area is 118 Å². The van der Waals surface area contributed by atoms with E-state index in [0.717, 1.165) is 28.8 Å². The molecule has 0 amide bonds. The Balaban J connectivity index is 2.03. The molecule has 0 saturated carbocycles. The predicted octanol–water partition coefficient (Wildman–Crippen LogP) is 3.97. The van der Waals surface area contributed by atoms with Crippen LogP contribution in [-0.2, 0) is 6.42 Å². The van der Waals surface area contributed by atoms with Crippen molar-refractivity contribution in [3.05, 3.63) is 64.5 Å². The minimum atomic E-state index is -0.204. The van der Waals surface area contributed by atoms with E-state index in [1.165, 1.54) is 6.07 Å². The average Bonchev–Trinajstić information content (AvgIpc) is 2.41. The summed E-state index contributed by atoms with van der Waals surface area (Å²) < 4.78 is 13.0. The molecule has 102 valence electrons. The first kappa shape index (κ1) is 14.1. The van der Waals surface area contributed by atoms with Crippen molar-refractivity contribution in [2.75, 3.05) is 11.9 Å². The minimum absolute atomic E-state index is 0.204. The van der Waals surface area contributed by atoms with Crippen LogP contribution >= 0.6 is 0 Å². The molecular weight excluding hydrogens is 251 g/mol. The van der Waals surface area contributed by atoms with Crippen LogP contribution in [0, 0.1) is 31.0 Å². The fraction of sp³-hybridized carbons (Fsp3) is 0.235. The quantitative estimate of drug-likeness (QED) is 0.910. The second kappa shape index (κ2) is 6.21. The Kier molecular flexibility index (Phi) is 4.37. The zero-order chi connectivity index (χ0) is 14.5. The summed E-state index contributed by atoms with van der Waals surface area (Å²) in [6.45, 7) is 4.62. The number of aryl methyl sites for hydroxylation is 2. The molecule has 0 fully saturated rings. The smallest absolute Gasteiger partial charge is 0.123 e. The molecule has 0 radical (unpaired) electrons. The maximum Gasteiger partial charge on any atom is 0.123 e. The van der Waals surface area contributed by atoms with Gasteiger partial charge in [-0.3, -0.25) is 0 Å². The van der Waals surface area contributed by atoms with Crippen molar-refractivity contribution in [3.8, 4) is 6.07 Å². The fourth-order valence-electron chi connectivity index (χ4n) is 2.17. The normalized spacial score (nSPS) is 10.1.